The van der Waals surface area contributed by atoms with Crippen molar-refractivity contribution in [3.8, 4) is 0 Å². The molecule has 0 unspecified atom stereocenters. The second kappa shape index (κ2) is 4.06. The second-order valence-electron chi connectivity index (χ2n) is 3.48. The summed E-state index contributed by atoms with van der Waals surface area (Å²) in [5.74, 6) is -0.0385. The molecule has 0 radical (unpaired) electrons. The van der Waals surface area contributed by atoms with Crippen molar-refractivity contribution in [3.63, 3.8) is 0 Å². The average molecular weight is 248 g/mol. The number of anilines is 1. The summed E-state index contributed by atoms with van der Waals surface area (Å²) in [6, 6.07) is 1.87. The summed E-state index contributed by atoms with van der Waals surface area (Å²) in [6.45, 7) is 0.654. The van der Waals surface area contributed by atoms with E-state index in [1.165, 1.54) is 16.2 Å². The van der Waals surface area contributed by atoms with Gasteiger partial charge in [-0.1, -0.05) is 5.10 Å². The van der Waals surface area contributed by atoms with E-state index >= 15 is 0 Å². The highest BCUT2D eigenvalue weighted by Gasteiger charge is 2.16. The molecule has 3 heterocycles. The fourth-order valence-corrected chi connectivity index (χ4v) is 2.60. The van der Waals surface area contributed by atoms with Gasteiger partial charge in [0.1, 0.15) is 0 Å². The lowest BCUT2D eigenvalue weighted by Gasteiger charge is -2.01. The van der Waals surface area contributed by atoms with Crippen LogP contribution in [0.5, 0.6) is 0 Å². The highest BCUT2D eigenvalue weighted by molar-refractivity contribution is 7.14. The van der Waals surface area contributed by atoms with E-state index in [9.17, 15) is 4.79 Å². The topological polar surface area (TPSA) is 95.9 Å². The molecule has 0 atom stereocenters. The van der Waals surface area contributed by atoms with Crippen LogP contribution in [0.2, 0.25) is 0 Å². The van der Waals surface area contributed by atoms with Gasteiger partial charge in [-0.3, -0.25) is 15.1 Å². The van der Waals surface area contributed by atoms with E-state index in [2.05, 4.69) is 30.9 Å². The first kappa shape index (κ1) is 10.1. The Labute approximate surface area is 100.0 Å². The fourth-order valence-electron chi connectivity index (χ4n) is 1.57. The van der Waals surface area contributed by atoms with Crippen LogP contribution in [0, 0.1) is 0 Å². The molecule has 2 N–H and O–H groups in total. The molecule has 2 aromatic heterocycles. The summed E-state index contributed by atoms with van der Waals surface area (Å²) in [6.07, 6.45) is 2.68. The molecule has 7 nitrogen and oxygen atoms in total. The van der Waals surface area contributed by atoms with Crippen molar-refractivity contribution in [3.05, 3.63) is 21.4 Å². The predicted octanol–water partition coefficient (Wildman–Crippen LogP) is 0.640. The van der Waals surface area contributed by atoms with Crippen molar-refractivity contribution >= 4 is 29.4 Å². The summed E-state index contributed by atoms with van der Waals surface area (Å²) in [4.78, 5) is 17.9. The standard InChI is InChI=1S/C9H8N6OS/c16-8(11-9-12-14-15-13-9)7-3-5-4-10-2-1-6(5)17-7/h2-3H,1,4H2,(H2,11,12,13,14,15,16). The molecule has 0 fully saturated rings. The smallest absolute Gasteiger partial charge is 0.270 e. The maximum absolute atomic E-state index is 11.9. The number of hydrogen-bond acceptors (Lipinski definition) is 6. The molecule has 86 valence electrons. The van der Waals surface area contributed by atoms with Gasteiger partial charge in [-0.05, 0) is 16.8 Å². The van der Waals surface area contributed by atoms with Crippen LogP contribution in [0.4, 0.5) is 5.95 Å². The highest BCUT2D eigenvalue weighted by atomic mass is 32.1. The molecule has 1 aliphatic heterocycles. The van der Waals surface area contributed by atoms with Gasteiger partial charge in [0.2, 0.25) is 0 Å². The third-order valence-electron chi connectivity index (χ3n) is 2.36. The van der Waals surface area contributed by atoms with Crippen LogP contribution < -0.4 is 5.32 Å². The molecule has 0 saturated carbocycles. The number of rotatable bonds is 2. The van der Waals surface area contributed by atoms with Crippen LogP contribution in [0.15, 0.2) is 11.1 Å². The zero-order chi connectivity index (χ0) is 11.7. The number of nitrogens with one attached hydrogen (secondary N) is 2. The van der Waals surface area contributed by atoms with Gasteiger partial charge in [0.15, 0.2) is 0 Å². The van der Waals surface area contributed by atoms with Crippen molar-refractivity contribution in [2.75, 3.05) is 5.32 Å². The number of aliphatic imine (C=N–C) groups is 1. The summed E-state index contributed by atoms with van der Waals surface area (Å²) in [5.41, 5.74) is 1.12. The van der Waals surface area contributed by atoms with Crippen LogP contribution in [0.25, 0.3) is 0 Å². The number of amides is 1. The Balaban J connectivity index is 1.80. The largest absolute Gasteiger partial charge is 0.292 e. The highest BCUT2D eigenvalue weighted by Crippen LogP contribution is 2.26. The van der Waals surface area contributed by atoms with E-state index in [-0.39, 0.29) is 11.9 Å². The predicted molar refractivity (Wildman–Crippen MR) is 62.3 cm³/mol. The molecule has 0 aliphatic carbocycles. The molecule has 0 saturated heterocycles. The molecule has 3 rings (SSSR count). The lowest BCUT2D eigenvalue weighted by molar-refractivity contribution is 0.102. The van der Waals surface area contributed by atoms with Crippen LogP contribution in [0.3, 0.4) is 0 Å². The number of tetrazole rings is 1. The van der Waals surface area contributed by atoms with E-state index < -0.39 is 0 Å². The Morgan fingerprint density at radius 2 is 2.47 bits per heavy atom. The first-order valence-electron chi connectivity index (χ1n) is 4.97. The number of aromatic nitrogens is 4. The van der Waals surface area contributed by atoms with Gasteiger partial charge in [0, 0.05) is 17.5 Å². The van der Waals surface area contributed by atoms with Crippen LogP contribution in [-0.2, 0) is 13.0 Å². The molecule has 0 spiro atoms. The molecule has 2 aromatic rings. The van der Waals surface area contributed by atoms with Crippen molar-refractivity contribution in [2.45, 2.75) is 13.0 Å². The molecule has 1 aliphatic rings. The summed E-state index contributed by atoms with van der Waals surface area (Å²) >= 11 is 1.48. The number of fused-ring (bicyclic) bond motifs is 1. The zero-order valence-electron chi connectivity index (χ0n) is 8.67. The van der Waals surface area contributed by atoms with E-state index in [4.69, 9.17) is 0 Å². The van der Waals surface area contributed by atoms with Gasteiger partial charge in [-0.2, -0.15) is 5.21 Å². The summed E-state index contributed by atoms with van der Waals surface area (Å²) in [7, 11) is 0. The number of aromatic amines is 1. The van der Waals surface area contributed by atoms with Crippen molar-refractivity contribution < 1.29 is 4.79 Å². The van der Waals surface area contributed by atoms with E-state index in [0.717, 1.165) is 12.0 Å². The van der Waals surface area contributed by atoms with Crippen molar-refractivity contribution in [2.24, 2.45) is 4.99 Å². The number of thiophene rings is 1. The normalized spacial score (nSPS) is 13.4. The second-order valence-corrected chi connectivity index (χ2v) is 4.61. The molecule has 0 aromatic carbocycles. The van der Waals surface area contributed by atoms with Gasteiger partial charge >= 0.3 is 0 Å². The molecule has 8 heteroatoms. The summed E-state index contributed by atoms with van der Waals surface area (Å²) < 4.78 is 0. The monoisotopic (exact) mass is 248 g/mol. The zero-order valence-corrected chi connectivity index (χ0v) is 9.49. The lowest BCUT2D eigenvalue weighted by atomic mass is 10.2. The molecule has 1 amide bonds. The number of H-pyrrole nitrogens is 1. The van der Waals surface area contributed by atoms with E-state index in [1.54, 1.807) is 0 Å². The Kier molecular flexibility index (Phi) is 2.41. The quantitative estimate of drug-likeness (QED) is 0.815. The number of nitrogens with zero attached hydrogens (tertiary/aromatic N) is 4. The number of hydrogen-bond donors (Lipinski definition) is 2. The van der Waals surface area contributed by atoms with Crippen LogP contribution in [0.1, 0.15) is 20.1 Å². The molecule has 17 heavy (non-hydrogen) atoms. The fraction of sp³-hybridized carbons (Fsp3) is 0.222. The van der Waals surface area contributed by atoms with Crippen LogP contribution >= 0.6 is 11.3 Å². The minimum atomic E-state index is -0.217. The Hall–Kier alpha value is -2.09. The Bertz CT molecular complexity index is 547. The van der Waals surface area contributed by atoms with E-state index in [0.29, 0.717) is 11.4 Å². The van der Waals surface area contributed by atoms with Crippen molar-refractivity contribution in [1.82, 2.24) is 20.6 Å². The first-order chi connectivity index (χ1) is 8.33. The van der Waals surface area contributed by atoms with Gasteiger partial charge in [-0.15, -0.1) is 16.4 Å². The van der Waals surface area contributed by atoms with Crippen molar-refractivity contribution in [1.29, 1.82) is 0 Å². The molecule has 0 bridgehead atoms. The Morgan fingerprint density at radius 3 is 3.24 bits per heavy atom. The minimum Gasteiger partial charge on any atom is -0.292 e. The number of carbonyl (C=O) groups excluding carboxylic acids is 1. The lowest BCUT2D eigenvalue weighted by Crippen LogP contribution is -2.11. The van der Waals surface area contributed by atoms with Gasteiger partial charge in [-0.25, -0.2) is 0 Å². The molecular weight excluding hydrogens is 240 g/mol. The minimum absolute atomic E-state index is 0.178. The van der Waals surface area contributed by atoms with E-state index in [1.807, 2.05) is 12.3 Å². The van der Waals surface area contributed by atoms with Gasteiger partial charge in [0.05, 0.1) is 11.4 Å². The maximum atomic E-state index is 11.9. The number of carbonyl (C=O) groups is 1. The van der Waals surface area contributed by atoms with Gasteiger partial charge < -0.3 is 0 Å². The summed E-state index contributed by atoms with van der Waals surface area (Å²) in [5, 5.41) is 15.5. The third kappa shape index (κ3) is 1.94. The molecular formula is C9H8N6OS. The third-order valence-corrected chi connectivity index (χ3v) is 3.56. The van der Waals surface area contributed by atoms with Gasteiger partial charge in [0.25, 0.3) is 11.9 Å². The SMILES string of the molecule is O=C(Nc1nn[nH]n1)c1cc2c(s1)CC=NC2. The first-order valence-corrected chi connectivity index (χ1v) is 5.79. The maximum Gasteiger partial charge on any atom is 0.270 e. The Morgan fingerprint density at radius 1 is 1.53 bits per heavy atom. The average Bonchev–Trinajstić information content (AvgIpc) is 2.96. The van der Waals surface area contributed by atoms with Crippen LogP contribution in [-0.4, -0.2) is 32.7 Å².